The maximum Gasteiger partial charge on any atom is 0.291 e. The van der Waals surface area contributed by atoms with Gasteiger partial charge in [-0.2, -0.15) is 9.78 Å². The molecule has 0 saturated carbocycles. The van der Waals surface area contributed by atoms with Gasteiger partial charge in [-0.05, 0) is 42.5 Å². The molecule has 9 heteroatoms. The molecule has 26 heavy (non-hydrogen) atoms. The molecular formula is C17H10Cl3N3O3. The Bertz CT molecular complexity index is 1050. The van der Waals surface area contributed by atoms with E-state index >= 15 is 0 Å². The monoisotopic (exact) mass is 409 g/mol. The van der Waals surface area contributed by atoms with Gasteiger partial charge in [0.2, 0.25) is 0 Å². The largest absolute Gasteiger partial charge is 0.506 e. The number of aromatic nitrogens is 2. The van der Waals surface area contributed by atoms with Crippen LogP contribution in [0, 0.1) is 0 Å². The molecule has 0 fully saturated rings. The Morgan fingerprint density at radius 1 is 1.08 bits per heavy atom. The number of amides is 1. The van der Waals surface area contributed by atoms with E-state index in [1.807, 2.05) is 0 Å². The Balaban J connectivity index is 1.86. The standard InChI is InChI=1S/C17H10Cl3N3O3/c18-10-3-6-14(24)13(7-10)22-16(25)9-1-4-11(5-2-9)23-17(26)15(20)12(19)8-21-23/h1-8,24H,(H,22,25). The quantitative estimate of drug-likeness (QED) is 0.635. The Morgan fingerprint density at radius 2 is 1.77 bits per heavy atom. The Morgan fingerprint density at radius 3 is 2.46 bits per heavy atom. The third-order valence-corrected chi connectivity index (χ3v) is 4.44. The number of benzene rings is 2. The summed E-state index contributed by atoms with van der Waals surface area (Å²) in [4.78, 5) is 24.4. The molecule has 2 N–H and O–H groups in total. The van der Waals surface area contributed by atoms with Gasteiger partial charge >= 0.3 is 0 Å². The average Bonchev–Trinajstić information content (AvgIpc) is 2.63. The number of aromatic hydroxyl groups is 1. The summed E-state index contributed by atoms with van der Waals surface area (Å²) in [6.07, 6.45) is 1.26. The van der Waals surface area contributed by atoms with Gasteiger partial charge in [-0.15, -0.1) is 0 Å². The van der Waals surface area contributed by atoms with Crippen LogP contribution < -0.4 is 10.9 Å². The lowest BCUT2D eigenvalue weighted by atomic mass is 10.2. The minimum absolute atomic E-state index is 0.0604. The third kappa shape index (κ3) is 3.67. The molecule has 1 amide bonds. The fourth-order valence-corrected chi connectivity index (χ4v) is 2.58. The first-order valence-electron chi connectivity index (χ1n) is 7.20. The first-order valence-corrected chi connectivity index (χ1v) is 8.34. The predicted octanol–water partition coefficient (Wildman–Crippen LogP) is 4.15. The lowest BCUT2D eigenvalue weighted by molar-refractivity contribution is 0.102. The third-order valence-electron chi connectivity index (χ3n) is 3.46. The van der Waals surface area contributed by atoms with Gasteiger partial charge < -0.3 is 10.4 Å². The van der Waals surface area contributed by atoms with Gasteiger partial charge in [-0.25, -0.2) is 0 Å². The molecule has 2 aromatic carbocycles. The molecule has 0 saturated heterocycles. The van der Waals surface area contributed by atoms with E-state index in [9.17, 15) is 14.7 Å². The number of phenols is 1. The highest BCUT2D eigenvalue weighted by Crippen LogP contribution is 2.27. The van der Waals surface area contributed by atoms with Gasteiger partial charge in [0.25, 0.3) is 11.5 Å². The van der Waals surface area contributed by atoms with Gasteiger partial charge in [-0.1, -0.05) is 34.8 Å². The van der Waals surface area contributed by atoms with Crippen molar-refractivity contribution in [3.63, 3.8) is 0 Å². The number of rotatable bonds is 3. The molecule has 1 heterocycles. The first-order chi connectivity index (χ1) is 12.4. The van der Waals surface area contributed by atoms with E-state index in [-0.39, 0.29) is 21.5 Å². The van der Waals surface area contributed by atoms with E-state index in [0.29, 0.717) is 16.3 Å². The van der Waals surface area contributed by atoms with Crippen LogP contribution in [-0.2, 0) is 0 Å². The molecule has 0 aliphatic rings. The molecule has 0 aliphatic heterocycles. The molecule has 1 aromatic heterocycles. The lowest BCUT2D eigenvalue weighted by Gasteiger charge is -2.09. The van der Waals surface area contributed by atoms with Crippen LogP contribution in [-0.4, -0.2) is 20.8 Å². The summed E-state index contributed by atoms with van der Waals surface area (Å²) in [6, 6.07) is 10.4. The minimum Gasteiger partial charge on any atom is -0.506 e. The van der Waals surface area contributed by atoms with Gasteiger partial charge in [0.05, 0.1) is 22.6 Å². The highest BCUT2D eigenvalue weighted by molar-refractivity contribution is 6.41. The van der Waals surface area contributed by atoms with Gasteiger partial charge in [0.1, 0.15) is 10.8 Å². The summed E-state index contributed by atoms with van der Waals surface area (Å²) in [5.41, 5.74) is 0.339. The summed E-state index contributed by atoms with van der Waals surface area (Å²) in [5, 5.41) is 16.5. The second kappa shape index (κ2) is 7.37. The number of carbonyl (C=O) groups excluding carboxylic acids is 1. The zero-order valence-electron chi connectivity index (χ0n) is 12.9. The van der Waals surface area contributed by atoms with Gasteiger partial charge in [-0.3, -0.25) is 9.59 Å². The van der Waals surface area contributed by atoms with Gasteiger partial charge in [0.15, 0.2) is 0 Å². The topological polar surface area (TPSA) is 84.2 Å². The molecule has 0 bridgehead atoms. The first kappa shape index (κ1) is 18.3. The average molecular weight is 411 g/mol. The van der Waals surface area contributed by atoms with E-state index < -0.39 is 11.5 Å². The zero-order valence-corrected chi connectivity index (χ0v) is 15.2. The van der Waals surface area contributed by atoms with Crippen molar-refractivity contribution >= 4 is 46.4 Å². The van der Waals surface area contributed by atoms with Crippen molar-refractivity contribution in [2.45, 2.75) is 0 Å². The fraction of sp³-hybridized carbons (Fsp3) is 0. The highest BCUT2D eigenvalue weighted by Gasteiger charge is 2.12. The van der Waals surface area contributed by atoms with Crippen LogP contribution in [0.25, 0.3) is 5.69 Å². The summed E-state index contributed by atoms with van der Waals surface area (Å²) in [5.74, 6) is -0.561. The van der Waals surface area contributed by atoms with Gasteiger partial charge in [0, 0.05) is 10.6 Å². The number of hydrogen-bond donors (Lipinski definition) is 2. The number of nitrogens with zero attached hydrogens (tertiary/aromatic N) is 2. The number of phenolic OH excluding ortho intramolecular Hbond substituents is 1. The van der Waals surface area contributed by atoms with Crippen molar-refractivity contribution in [3.8, 4) is 11.4 Å². The molecule has 0 aliphatic carbocycles. The molecule has 0 spiro atoms. The molecule has 0 radical (unpaired) electrons. The number of hydrogen-bond acceptors (Lipinski definition) is 4. The van der Waals surface area contributed by atoms with Crippen LogP contribution >= 0.6 is 34.8 Å². The van der Waals surface area contributed by atoms with E-state index in [1.165, 1.54) is 48.7 Å². The molecule has 132 valence electrons. The summed E-state index contributed by atoms with van der Waals surface area (Å²) >= 11 is 17.4. The van der Waals surface area contributed by atoms with E-state index in [4.69, 9.17) is 34.8 Å². The smallest absolute Gasteiger partial charge is 0.291 e. The Kier molecular flexibility index (Phi) is 5.18. The number of carbonyl (C=O) groups is 1. The maximum absolute atomic E-state index is 12.3. The normalized spacial score (nSPS) is 10.6. The lowest BCUT2D eigenvalue weighted by Crippen LogP contribution is -2.21. The molecule has 0 atom stereocenters. The minimum atomic E-state index is -0.569. The second-order valence-electron chi connectivity index (χ2n) is 5.19. The number of nitrogens with one attached hydrogen (secondary N) is 1. The molecular weight excluding hydrogens is 401 g/mol. The van der Waals surface area contributed by atoms with E-state index in [1.54, 1.807) is 0 Å². The molecule has 3 rings (SSSR count). The number of halogens is 3. The Hall–Kier alpha value is -2.54. The second-order valence-corrected chi connectivity index (χ2v) is 6.41. The SMILES string of the molecule is O=C(Nc1cc(Cl)ccc1O)c1ccc(-n2ncc(Cl)c(Cl)c2=O)cc1. The van der Waals surface area contributed by atoms with Crippen LogP contribution in [0.5, 0.6) is 5.75 Å². The summed E-state index contributed by atoms with van der Waals surface area (Å²) < 4.78 is 1.07. The molecule has 3 aromatic rings. The molecule has 0 unspecified atom stereocenters. The van der Waals surface area contributed by atoms with Crippen molar-refractivity contribution in [1.29, 1.82) is 0 Å². The fourth-order valence-electron chi connectivity index (χ4n) is 2.15. The van der Waals surface area contributed by atoms with E-state index in [0.717, 1.165) is 4.68 Å². The van der Waals surface area contributed by atoms with Crippen LogP contribution in [0.3, 0.4) is 0 Å². The summed E-state index contributed by atoms with van der Waals surface area (Å²) in [7, 11) is 0. The predicted molar refractivity (Wildman–Crippen MR) is 101 cm³/mol. The highest BCUT2D eigenvalue weighted by atomic mass is 35.5. The van der Waals surface area contributed by atoms with Crippen molar-refractivity contribution in [3.05, 3.63) is 79.6 Å². The molecule has 6 nitrogen and oxygen atoms in total. The maximum atomic E-state index is 12.3. The van der Waals surface area contributed by atoms with Crippen molar-refractivity contribution in [2.75, 3.05) is 5.32 Å². The van der Waals surface area contributed by atoms with Crippen LogP contribution in [0.2, 0.25) is 15.1 Å². The van der Waals surface area contributed by atoms with Crippen molar-refractivity contribution < 1.29 is 9.90 Å². The van der Waals surface area contributed by atoms with Crippen LogP contribution in [0.4, 0.5) is 5.69 Å². The summed E-state index contributed by atoms with van der Waals surface area (Å²) in [6.45, 7) is 0. The van der Waals surface area contributed by atoms with Crippen LogP contribution in [0.15, 0.2) is 53.5 Å². The van der Waals surface area contributed by atoms with Crippen LogP contribution in [0.1, 0.15) is 10.4 Å². The number of anilines is 1. The van der Waals surface area contributed by atoms with Crippen molar-refractivity contribution in [2.24, 2.45) is 0 Å². The van der Waals surface area contributed by atoms with Crippen molar-refractivity contribution in [1.82, 2.24) is 9.78 Å². The Labute approximate surface area is 162 Å². The zero-order chi connectivity index (χ0) is 18.8. The van der Waals surface area contributed by atoms with E-state index in [2.05, 4.69) is 10.4 Å².